The SMILES string of the molecule is COc1cccc(S(=O)(=O)N2CCCC(CNc3cc(-c4ccccc4Cl)nc4c(Br)cnn34)C2)c1. The fourth-order valence-corrected chi connectivity index (χ4v) is 6.61. The fourth-order valence-electron chi connectivity index (χ4n) is 4.44. The van der Waals surface area contributed by atoms with Gasteiger partial charge in [0.15, 0.2) is 5.65 Å². The van der Waals surface area contributed by atoms with Gasteiger partial charge >= 0.3 is 0 Å². The maximum Gasteiger partial charge on any atom is 0.243 e. The lowest BCUT2D eigenvalue weighted by Crippen LogP contribution is -2.41. The van der Waals surface area contributed by atoms with Gasteiger partial charge < -0.3 is 10.1 Å². The summed E-state index contributed by atoms with van der Waals surface area (Å²) in [5.41, 5.74) is 2.22. The van der Waals surface area contributed by atoms with Crippen LogP contribution in [0.15, 0.2) is 70.2 Å². The molecule has 1 saturated heterocycles. The molecule has 1 atom stereocenters. The van der Waals surface area contributed by atoms with Gasteiger partial charge in [-0.1, -0.05) is 35.9 Å². The molecule has 1 N–H and O–H groups in total. The minimum atomic E-state index is -3.61. The molecule has 5 rings (SSSR count). The molecule has 0 radical (unpaired) electrons. The van der Waals surface area contributed by atoms with Crippen LogP contribution in [0.5, 0.6) is 5.75 Å². The molecule has 2 aromatic carbocycles. The second kappa shape index (κ2) is 10.4. The van der Waals surface area contributed by atoms with Crippen LogP contribution in [0.4, 0.5) is 5.82 Å². The van der Waals surface area contributed by atoms with E-state index in [1.54, 1.807) is 39.3 Å². The first-order valence-corrected chi connectivity index (χ1v) is 14.1. The molecular formula is C25H25BrClN5O3S. The lowest BCUT2D eigenvalue weighted by Gasteiger charge is -2.32. The van der Waals surface area contributed by atoms with Crippen LogP contribution in [-0.2, 0) is 10.0 Å². The van der Waals surface area contributed by atoms with Crippen molar-refractivity contribution in [3.8, 4) is 17.0 Å². The van der Waals surface area contributed by atoms with Gasteiger partial charge in [-0.15, -0.1) is 0 Å². The van der Waals surface area contributed by atoms with Crippen molar-refractivity contribution in [3.63, 3.8) is 0 Å². The van der Waals surface area contributed by atoms with Gasteiger partial charge in [0.05, 0.1) is 28.4 Å². The van der Waals surface area contributed by atoms with E-state index in [0.29, 0.717) is 36.1 Å². The molecule has 0 aliphatic carbocycles. The van der Waals surface area contributed by atoms with Crippen molar-refractivity contribution in [3.05, 3.63) is 70.3 Å². The highest BCUT2D eigenvalue weighted by Gasteiger charge is 2.30. The Morgan fingerprint density at radius 1 is 1.19 bits per heavy atom. The number of halogens is 2. The van der Waals surface area contributed by atoms with Crippen molar-refractivity contribution in [2.75, 3.05) is 32.1 Å². The number of hydrogen-bond donors (Lipinski definition) is 1. The average Bonchev–Trinajstić information content (AvgIpc) is 3.28. The summed E-state index contributed by atoms with van der Waals surface area (Å²) in [6.07, 6.45) is 3.41. The third kappa shape index (κ3) is 4.95. The van der Waals surface area contributed by atoms with Gasteiger partial charge in [-0.2, -0.15) is 13.9 Å². The molecule has 3 heterocycles. The molecule has 4 aromatic rings. The number of aromatic nitrogens is 3. The zero-order valence-electron chi connectivity index (χ0n) is 19.6. The van der Waals surface area contributed by atoms with E-state index < -0.39 is 10.0 Å². The number of piperidine rings is 1. The topological polar surface area (TPSA) is 88.8 Å². The number of sulfonamides is 1. The van der Waals surface area contributed by atoms with Gasteiger partial charge in [0.1, 0.15) is 11.6 Å². The predicted octanol–water partition coefficient (Wildman–Crippen LogP) is 5.33. The average molecular weight is 591 g/mol. The summed E-state index contributed by atoms with van der Waals surface area (Å²) >= 11 is 9.97. The number of nitrogens with zero attached hydrogens (tertiary/aromatic N) is 4. The van der Waals surface area contributed by atoms with Crippen LogP contribution in [0.3, 0.4) is 0 Å². The summed E-state index contributed by atoms with van der Waals surface area (Å²) < 4.78 is 35.9. The monoisotopic (exact) mass is 589 g/mol. The van der Waals surface area contributed by atoms with E-state index in [1.165, 1.54) is 7.11 Å². The molecule has 188 valence electrons. The van der Waals surface area contributed by atoms with Crippen molar-refractivity contribution in [1.82, 2.24) is 18.9 Å². The summed E-state index contributed by atoms with van der Waals surface area (Å²) in [7, 11) is -2.08. The first-order chi connectivity index (χ1) is 17.4. The summed E-state index contributed by atoms with van der Waals surface area (Å²) in [6, 6.07) is 16.1. The van der Waals surface area contributed by atoms with Gasteiger partial charge in [0.25, 0.3) is 0 Å². The third-order valence-corrected chi connectivity index (χ3v) is 9.06. The van der Waals surface area contributed by atoms with E-state index in [1.807, 2.05) is 30.3 Å². The minimum Gasteiger partial charge on any atom is -0.497 e. The molecule has 1 aliphatic heterocycles. The van der Waals surface area contributed by atoms with Crippen LogP contribution in [0.2, 0.25) is 5.02 Å². The van der Waals surface area contributed by atoms with Crippen molar-refractivity contribution >= 4 is 49.0 Å². The van der Waals surface area contributed by atoms with Crippen molar-refractivity contribution < 1.29 is 13.2 Å². The van der Waals surface area contributed by atoms with E-state index in [4.69, 9.17) is 21.3 Å². The lowest BCUT2D eigenvalue weighted by molar-refractivity contribution is 0.275. The molecule has 1 aliphatic rings. The van der Waals surface area contributed by atoms with Crippen LogP contribution >= 0.6 is 27.5 Å². The number of nitrogens with one attached hydrogen (secondary N) is 1. The first kappa shape index (κ1) is 25.0. The molecule has 36 heavy (non-hydrogen) atoms. The summed E-state index contributed by atoms with van der Waals surface area (Å²) in [5.74, 6) is 1.41. The number of anilines is 1. The summed E-state index contributed by atoms with van der Waals surface area (Å²) in [6.45, 7) is 1.52. The summed E-state index contributed by atoms with van der Waals surface area (Å²) in [5, 5.41) is 8.54. The Hall–Kier alpha value is -2.66. The van der Waals surface area contributed by atoms with Crippen LogP contribution in [0.1, 0.15) is 12.8 Å². The maximum absolute atomic E-state index is 13.3. The van der Waals surface area contributed by atoms with Crippen molar-refractivity contribution in [2.24, 2.45) is 5.92 Å². The number of methoxy groups -OCH3 is 1. The highest BCUT2D eigenvalue weighted by Crippen LogP contribution is 2.31. The van der Waals surface area contributed by atoms with Gasteiger partial charge in [0, 0.05) is 42.4 Å². The van der Waals surface area contributed by atoms with Gasteiger partial charge in [-0.3, -0.25) is 0 Å². The van der Waals surface area contributed by atoms with E-state index in [0.717, 1.165) is 34.4 Å². The minimum absolute atomic E-state index is 0.130. The van der Waals surface area contributed by atoms with Gasteiger partial charge in [0.2, 0.25) is 10.0 Å². The zero-order valence-corrected chi connectivity index (χ0v) is 22.7. The largest absolute Gasteiger partial charge is 0.497 e. The Kier molecular flexibility index (Phi) is 7.21. The van der Waals surface area contributed by atoms with Crippen LogP contribution in [-0.4, -0.2) is 54.1 Å². The third-order valence-electron chi connectivity index (χ3n) is 6.31. The smallest absolute Gasteiger partial charge is 0.243 e. The Morgan fingerprint density at radius 3 is 2.83 bits per heavy atom. The highest BCUT2D eigenvalue weighted by atomic mass is 79.9. The van der Waals surface area contributed by atoms with Crippen LogP contribution in [0.25, 0.3) is 16.9 Å². The Balaban J connectivity index is 1.37. The number of hydrogen-bond acceptors (Lipinski definition) is 6. The molecule has 0 bridgehead atoms. The maximum atomic E-state index is 13.3. The van der Waals surface area contributed by atoms with Crippen molar-refractivity contribution in [2.45, 2.75) is 17.7 Å². The normalized spacial score (nSPS) is 16.8. The Morgan fingerprint density at radius 2 is 2.03 bits per heavy atom. The second-order valence-corrected chi connectivity index (χ2v) is 11.9. The van der Waals surface area contributed by atoms with Crippen LogP contribution < -0.4 is 10.1 Å². The molecule has 0 amide bonds. The summed E-state index contributed by atoms with van der Waals surface area (Å²) in [4.78, 5) is 4.99. The fraction of sp³-hybridized carbons (Fsp3) is 0.280. The number of fused-ring (bicyclic) bond motifs is 1. The molecule has 0 saturated carbocycles. The number of ether oxygens (including phenoxy) is 1. The predicted molar refractivity (Wildman–Crippen MR) is 144 cm³/mol. The Labute approximate surface area is 223 Å². The second-order valence-electron chi connectivity index (χ2n) is 8.67. The quantitative estimate of drug-likeness (QED) is 0.313. The van der Waals surface area contributed by atoms with E-state index >= 15 is 0 Å². The number of rotatable bonds is 7. The van der Waals surface area contributed by atoms with E-state index in [2.05, 4.69) is 26.3 Å². The van der Waals surface area contributed by atoms with E-state index in [-0.39, 0.29) is 10.8 Å². The lowest BCUT2D eigenvalue weighted by atomic mass is 10.00. The molecule has 11 heteroatoms. The molecule has 8 nitrogen and oxygen atoms in total. The van der Waals surface area contributed by atoms with Crippen LogP contribution in [0, 0.1) is 5.92 Å². The van der Waals surface area contributed by atoms with Gasteiger partial charge in [-0.25, -0.2) is 13.4 Å². The molecule has 1 fully saturated rings. The van der Waals surface area contributed by atoms with E-state index in [9.17, 15) is 8.42 Å². The first-order valence-electron chi connectivity index (χ1n) is 11.5. The molecular weight excluding hydrogens is 566 g/mol. The Bertz CT molecular complexity index is 1510. The molecule has 1 unspecified atom stereocenters. The standard InChI is InChI=1S/C25H25BrClN5O3S/c1-35-18-7-4-8-19(12-18)36(33,34)31-11-5-6-17(16-31)14-28-24-13-23(20-9-2-3-10-22(20)27)30-25-21(26)15-29-32(24)25/h2-4,7-10,12-13,15,17,28H,5-6,11,14,16H2,1H3. The highest BCUT2D eigenvalue weighted by molar-refractivity contribution is 9.10. The van der Waals surface area contributed by atoms with Gasteiger partial charge in [-0.05, 0) is 52.9 Å². The number of benzene rings is 2. The molecule has 2 aromatic heterocycles. The molecule has 0 spiro atoms. The van der Waals surface area contributed by atoms with Crippen molar-refractivity contribution in [1.29, 1.82) is 0 Å². The zero-order chi connectivity index (χ0) is 25.3.